The highest BCUT2D eigenvalue weighted by Crippen LogP contribution is 2.33. The standard InChI is InChI=1S/C21H29N3O4S/c1-13-22-17-5-3-2-4-16(17)20(26)24(13)10-11-28-15-8-6-14(7-9-15)12-18-19(25)23-21(27)29-18/h12,14-17H,2-11H2,1H3,(H,23,25,27)/b18-12+. The Morgan fingerprint density at radius 2 is 1.90 bits per heavy atom. The highest BCUT2D eigenvalue weighted by atomic mass is 32.2. The lowest BCUT2D eigenvalue weighted by atomic mass is 9.83. The molecular formula is C21H29N3O4S. The molecule has 0 aromatic carbocycles. The number of carbonyl (C=O) groups is 3. The molecule has 8 heteroatoms. The van der Waals surface area contributed by atoms with Crippen molar-refractivity contribution in [1.29, 1.82) is 0 Å². The zero-order valence-corrected chi connectivity index (χ0v) is 17.7. The van der Waals surface area contributed by atoms with Crippen LogP contribution in [0.1, 0.15) is 58.3 Å². The number of ether oxygens (including phenoxy) is 1. The Hall–Kier alpha value is -1.67. The Bertz CT molecular complexity index is 742. The van der Waals surface area contributed by atoms with E-state index >= 15 is 0 Å². The van der Waals surface area contributed by atoms with Crippen LogP contribution in [0.5, 0.6) is 0 Å². The van der Waals surface area contributed by atoms with Crippen molar-refractivity contribution in [1.82, 2.24) is 10.2 Å². The van der Waals surface area contributed by atoms with Crippen molar-refractivity contribution in [3.63, 3.8) is 0 Å². The Kier molecular flexibility index (Phi) is 6.39. The number of aliphatic imine (C=N–C) groups is 1. The molecule has 0 radical (unpaired) electrons. The molecule has 0 aromatic rings. The molecule has 2 heterocycles. The number of allylic oxidation sites excluding steroid dienone is 1. The fourth-order valence-electron chi connectivity index (χ4n) is 4.88. The fraction of sp³-hybridized carbons (Fsp3) is 0.714. The second kappa shape index (κ2) is 9.00. The third-order valence-corrected chi connectivity index (χ3v) is 7.30. The summed E-state index contributed by atoms with van der Waals surface area (Å²) in [5.74, 6) is 1.16. The van der Waals surface area contributed by atoms with Crippen molar-refractivity contribution in [2.24, 2.45) is 16.8 Å². The van der Waals surface area contributed by atoms with Crippen LogP contribution in [0.25, 0.3) is 0 Å². The number of imide groups is 1. The number of nitrogens with zero attached hydrogens (tertiary/aromatic N) is 2. The SMILES string of the molecule is CC1=NC2CCCCC2C(=O)N1CCOC1CCC(/C=C2/SC(=O)NC2=O)CC1. The molecule has 3 fully saturated rings. The van der Waals surface area contributed by atoms with Gasteiger partial charge in [-0.2, -0.15) is 0 Å². The van der Waals surface area contributed by atoms with Gasteiger partial charge in [0.25, 0.3) is 11.1 Å². The molecule has 2 atom stereocenters. The summed E-state index contributed by atoms with van der Waals surface area (Å²) < 4.78 is 6.07. The number of amidine groups is 1. The Balaban J connectivity index is 1.22. The maximum absolute atomic E-state index is 12.8. The average molecular weight is 420 g/mol. The highest BCUT2D eigenvalue weighted by Gasteiger charge is 2.38. The monoisotopic (exact) mass is 419 g/mol. The maximum Gasteiger partial charge on any atom is 0.290 e. The molecule has 0 bridgehead atoms. The second-order valence-electron chi connectivity index (χ2n) is 8.41. The van der Waals surface area contributed by atoms with E-state index in [1.165, 1.54) is 6.42 Å². The van der Waals surface area contributed by atoms with Crippen molar-refractivity contribution in [2.45, 2.75) is 70.4 Å². The first-order valence-corrected chi connectivity index (χ1v) is 11.6. The summed E-state index contributed by atoms with van der Waals surface area (Å²) in [7, 11) is 0. The van der Waals surface area contributed by atoms with E-state index in [0.29, 0.717) is 24.0 Å². The van der Waals surface area contributed by atoms with Gasteiger partial charge in [0.15, 0.2) is 0 Å². The fourth-order valence-corrected chi connectivity index (χ4v) is 5.63. The predicted octanol–water partition coefficient (Wildman–Crippen LogP) is 3.25. The van der Waals surface area contributed by atoms with Gasteiger partial charge in [0, 0.05) is 0 Å². The summed E-state index contributed by atoms with van der Waals surface area (Å²) in [6.07, 6.45) is 10.2. The summed E-state index contributed by atoms with van der Waals surface area (Å²) in [6.45, 7) is 3.03. The minimum absolute atomic E-state index is 0.0634. The van der Waals surface area contributed by atoms with Crippen LogP contribution in [0.3, 0.4) is 0 Å². The van der Waals surface area contributed by atoms with E-state index in [-0.39, 0.29) is 35.1 Å². The van der Waals surface area contributed by atoms with E-state index in [4.69, 9.17) is 9.73 Å². The third-order valence-electron chi connectivity index (χ3n) is 6.47. The van der Waals surface area contributed by atoms with Crippen LogP contribution in [-0.4, -0.2) is 53.1 Å². The summed E-state index contributed by atoms with van der Waals surface area (Å²) in [5.41, 5.74) is 0. The number of thioether (sulfide) groups is 1. The molecule has 29 heavy (non-hydrogen) atoms. The summed E-state index contributed by atoms with van der Waals surface area (Å²) in [6, 6.07) is 0.188. The van der Waals surface area contributed by atoms with Crippen LogP contribution >= 0.6 is 11.8 Å². The molecule has 2 aliphatic carbocycles. The molecule has 3 amide bonds. The first-order chi connectivity index (χ1) is 14.0. The van der Waals surface area contributed by atoms with E-state index < -0.39 is 0 Å². The minimum Gasteiger partial charge on any atom is -0.376 e. The van der Waals surface area contributed by atoms with Crippen LogP contribution in [0, 0.1) is 11.8 Å². The number of hydrogen-bond acceptors (Lipinski definition) is 6. The van der Waals surface area contributed by atoms with Gasteiger partial charge in [-0.05, 0) is 63.1 Å². The summed E-state index contributed by atoms with van der Waals surface area (Å²) >= 11 is 0.988. The number of carbonyl (C=O) groups excluding carboxylic acids is 3. The molecular weight excluding hydrogens is 390 g/mol. The molecule has 2 saturated carbocycles. The van der Waals surface area contributed by atoms with Crippen LogP contribution in [0.15, 0.2) is 16.0 Å². The normalized spacial score (nSPS) is 34.2. The molecule has 2 unspecified atom stereocenters. The van der Waals surface area contributed by atoms with Crippen molar-refractivity contribution in [2.75, 3.05) is 13.2 Å². The van der Waals surface area contributed by atoms with Gasteiger partial charge in [0.2, 0.25) is 5.91 Å². The average Bonchev–Trinajstić information content (AvgIpc) is 3.02. The van der Waals surface area contributed by atoms with Crippen molar-refractivity contribution >= 4 is 34.7 Å². The quantitative estimate of drug-likeness (QED) is 0.691. The largest absolute Gasteiger partial charge is 0.376 e. The van der Waals surface area contributed by atoms with E-state index in [2.05, 4.69) is 5.32 Å². The van der Waals surface area contributed by atoms with E-state index in [9.17, 15) is 14.4 Å². The smallest absolute Gasteiger partial charge is 0.290 e. The zero-order chi connectivity index (χ0) is 20.4. The first kappa shape index (κ1) is 20.6. The number of hydrogen-bond donors (Lipinski definition) is 1. The Morgan fingerprint density at radius 1 is 1.14 bits per heavy atom. The van der Waals surface area contributed by atoms with Gasteiger partial charge in [-0.1, -0.05) is 18.9 Å². The molecule has 7 nitrogen and oxygen atoms in total. The number of nitrogens with one attached hydrogen (secondary N) is 1. The second-order valence-corrected chi connectivity index (χ2v) is 9.42. The topological polar surface area (TPSA) is 88.1 Å². The molecule has 0 spiro atoms. The Morgan fingerprint density at radius 3 is 2.62 bits per heavy atom. The van der Waals surface area contributed by atoms with Crippen molar-refractivity contribution in [3.05, 3.63) is 11.0 Å². The van der Waals surface area contributed by atoms with Gasteiger partial charge in [-0.25, -0.2) is 0 Å². The minimum atomic E-state index is -0.288. The van der Waals surface area contributed by atoms with Crippen molar-refractivity contribution < 1.29 is 19.1 Å². The van der Waals surface area contributed by atoms with Gasteiger partial charge < -0.3 is 4.74 Å². The van der Waals surface area contributed by atoms with Crippen LogP contribution in [-0.2, 0) is 14.3 Å². The van der Waals surface area contributed by atoms with Gasteiger partial charge >= 0.3 is 0 Å². The maximum atomic E-state index is 12.8. The lowest BCUT2D eigenvalue weighted by Gasteiger charge is -2.38. The summed E-state index contributed by atoms with van der Waals surface area (Å²) in [5, 5.41) is 2.01. The molecule has 1 N–H and O–H groups in total. The molecule has 4 rings (SSSR count). The van der Waals surface area contributed by atoms with Gasteiger partial charge in [-0.15, -0.1) is 0 Å². The van der Waals surface area contributed by atoms with E-state index in [1.807, 2.05) is 17.9 Å². The van der Waals surface area contributed by atoms with Gasteiger partial charge in [-0.3, -0.25) is 29.6 Å². The summed E-state index contributed by atoms with van der Waals surface area (Å²) in [4.78, 5) is 42.9. The van der Waals surface area contributed by atoms with E-state index in [0.717, 1.165) is 62.5 Å². The lowest BCUT2D eigenvalue weighted by molar-refractivity contribution is -0.135. The molecule has 4 aliphatic rings. The molecule has 2 aliphatic heterocycles. The van der Waals surface area contributed by atoms with Crippen LogP contribution in [0.4, 0.5) is 4.79 Å². The number of rotatable bonds is 5. The van der Waals surface area contributed by atoms with Gasteiger partial charge in [0.1, 0.15) is 5.84 Å². The molecule has 0 aromatic heterocycles. The highest BCUT2D eigenvalue weighted by molar-refractivity contribution is 8.18. The molecule has 1 saturated heterocycles. The molecule has 158 valence electrons. The lowest BCUT2D eigenvalue weighted by Crippen LogP contribution is -2.50. The zero-order valence-electron chi connectivity index (χ0n) is 16.9. The van der Waals surface area contributed by atoms with Crippen LogP contribution in [0.2, 0.25) is 0 Å². The van der Waals surface area contributed by atoms with Gasteiger partial charge in [0.05, 0.1) is 36.1 Å². The Labute approximate surface area is 175 Å². The predicted molar refractivity (Wildman–Crippen MR) is 111 cm³/mol. The first-order valence-electron chi connectivity index (χ1n) is 10.7. The van der Waals surface area contributed by atoms with E-state index in [1.54, 1.807) is 0 Å². The number of amides is 3. The third kappa shape index (κ3) is 4.74. The number of fused-ring (bicyclic) bond motifs is 1. The van der Waals surface area contributed by atoms with Crippen LogP contribution < -0.4 is 5.32 Å². The van der Waals surface area contributed by atoms with Crippen molar-refractivity contribution in [3.8, 4) is 0 Å².